The van der Waals surface area contributed by atoms with Gasteiger partial charge in [0.2, 0.25) is 5.91 Å². The van der Waals surface area contributed by atoms with Crippen LogP contribution in [0.25, 0.3) is 0 Å². The van der Waals surface area contributed by atoms with E-state index in [1.807, 2.05) is 64.1 Å². The average Bonchev–Trinajstić information content (AvgIpc) is 2.64. The second kappa shape index (κ2) is 11.6. The van der Waals surface area contributed by atoms with Crippen molar-refractivity contribution in [2.75, 3.05) is 6.54 Å². The number of carbonyl (C=O) groups is 1. The Labute approximate surface area is 190 Å². The molecule has 0 aliphatic heterocycles. The zero-order valence-electron chi connectivity index (χ0n) is 17.5. The van der Waals surface area contributed by atoms with Gasteiger partial charge in [0.25, 0.3) is 0 Å². The van der Waals surface area contributed by atoms with E-state index in [0.717, 1.165) is 23.4 Å². The van der Waals surface area contributed by atoms with Crippen LogP contribution in [0.5, 0.6) is 5.75 Å². The minimum absolute atomic E-state index is 0. The highest BCUT2D eigenvalue weighted by molar-refractivity contribution is 14.0. The predicted octanol–water partition coefficient (Wildman–Crippen LogP) is 3.84. The van der Waals surface area contributed by atoms with Gasteiger partial charge in [0, 0.05) is 24.2 Å². The van der Waals surface area contributed by atoms with Gasteiger partial charge in [0.05, 0.1) is 6.54 Å². The lowest BCUT2D eigenvalue weighted by Gasteiger charge is -2.23. The van der Waals surface area contributed by atoms with Crippen molar-refractivity contribution < 1.29 is 9.53 Å². The van der Waals surface area contributed by atoms with Crippen molar-refractivity contribution in [1.29, 1.82) is 0 Å². The minimum atomic E-state index is -0.429. The molecule has 4 N–H and O–H groups in total. The van der Waals surface area contributed by atoms with Crippen molar-refractivity contribution in [3.05, 3.63) is 65.2 Å². The zero-order chi connectivity index (χ0) is 20.6. The molecule has 0 unspecified atom stereocenters. The second-order valence-corrected chi connectivity index (χ2v) is 7.43. The third kappa shape index (κ3) is 8.72. The maximum absolute atomic E-state index is 11.2. The molecule has 0 fully saturated rings. The summed E-state index contributed by atoms with van der Waals surface area (Å²) >= 11 is 0. The fourth-order valence-electron chi connectivity index (χ4n) is 2.54. The molecule has 0 heterocycles. The monoisotopic (exact) mass is 510 g/mol. The number of guanidine groups is 1. The molecule has 0 saturated carbocycles. The van der Waals surface area contributed by atoms with Crippen LogP contribution < -0.4 is 21.1 Å². The van der Waals surface area contributed by atoms with E-state index in [4.69, 9.17) is 10.5 Å². The summed E-state index contributed by atoms with van der Waals surface area (Å²) < 4.78 is 6.05. The number of nitrogens with zero attached hydrogens (tertiary/aromatic N) is 1. The molecule has 0 bridgehead atoms. The molecule has 0 radical (unpaired) electrons. The molecule has 158 valence electrons. The highest BCUT2D eigenvalue weighted by Gasteiger charge is 2.14. The molecule has 0 spiro atoms. The number of rotatable bonds is 7. The first-order valence-corrected chi connectivity index (χ1v) is 9.46. The number of primary amides is 1. The van der Waals surface area contributed by atoms with Crippen LogP contribution in [-0.4, -0.2) is 24.0 Å². The summed E-state index contributed by atoms with van der Waals surface area (Å²) in [4.78, 5) is 15.8. The van der Waals surface area contributed by atoms with E-state index in [0.29, 0.717) is 24.6 Å². The van der Waals surface area contributed by atoms with Crippen LogP contribution in [0.4, 0.5) is 0 Å². The van der Waals surface area contributed by atoms with Gasteiger partial charge in [-0.1, -0.05) is 30.3 Å². The van der Waals surface area contributed by atoms with Gasteiger partial charge in [-0.05, 0) is 51.5 Å². The molecule has 1 amide bonds. The van der Waals surface area contributed by atoms with Crippen molar-refractivity contribution in [1.82, 2.24) is 10.6 Å². The van der Waals surface area contributed by atoms with E-state index in [1.165, 1.54) is 0 Å². The lowest BCUT2D eigenvalue weighted by atomic mass is 10.1. The molecule has 0 saturated heterocycles. The lowest BCUT2D eigenvalue weighted by molar-refractivity contribution is 0.1000. The first-order valence-electron chi connectivity index (χ1n) is 9.46. The van der Waals surface area contributed by atoms with Gasteiger partial charge in [-0.2, -0.15) is 0 Å². The van der Waals surface area contributed by atoms with Gasteiger partial charge in [-0.3, -0.25) is 4.79 Å². The Morgan fingerprint density at radius 1 is 1.07 bits per heavy atom. The average molecular weight is 510 g/mol. The largest absolute Gasteiger partial charge is 0.488 e. The fourth-order valence-corrected chi connectivity index (χ4v) is 2.54. The fraction of sp³-hybridized carbons (Fsp3) is 0.364. The number of ether oxygens (including phenoxy) is 1. The standard InChI is InChI=1S/C22H30N4O2.HI/c1-5-24-21(25-14-16-10-12-17(13-11-16)20(23)27)26-15-18-8-6-7-9-19(18)28-22(2,3)4;/h6-13H,5,14-15H2,1-4H3,(H2,23,27)(H2,24,25,26);1H. The van der Waals surface area contributed by atoms with Gasteiger partial charge >= 0.3 is 0 Å². The number of carbonyl (C=O) groups excluding carboxylic acids is 1. The number of benzene rings is 2. The highest BCUT2D eigenvalue weighted by Crippen LogP contribution is 2.22. The molecule has 7 heteroatoms. The van der Waals surface area contributed by atoms with Crippen LogP contribution in [0.3, 0.4) is 0 Å². The Hall–Kier alpha value is -2.29. The topological polar surface area (TPSA) is 88.7 Å². The highest BCUT2D eigenvalue weighted by atomic mass is 127. The van der Waals surface area contributed by atoms with Crippen molar-refractivity contribution >= 4 is 35.8 Å². The van der Waals surface area contributed by atoms with Crippen LogP contribution in [0.15, 0.2) is 53.5 Å². The van der Waals surface area contributed by atoms with Gasteiger partial charge < -0.3 is 21.1 Å². The predicted molar refractivity (Wildman–Crippen MR) is 129 cm³/mol. The quantitative estimate of drug-likeness (QED) is 0.300. The lowest BCUT2D eigenvalue weighted by Crippen LogP contribution is -2.37. The number of halogens is 1. The summed E-state index contributed by atoms with van der Waals surface area (Å²) in [6.45, 7) is 9.97. The number of hydrogen-bond donors (Lipinski definition) is 3. The number of hydrogen-bond acceptors (Lipinski definition) is 3. The Morgan fingerprint density at radius 2 is 1.72 bits per heavy atom. The Balaban J connectivity index is 0.00000420. The first kappa shape index (κ1) is 24.7. The van der Waals surface area contributed by atoms with E-state index in [-0.39, 0.29) is 29.6 Å². The van der Waals surface area contributed by atoms with Gasteiger partial charge in [0.15, 0.2) is 5.96 Å². The number of amides is 1. The van der Waals surface area contributed by atoms with Gasteiger partial charge in [0.1, 0.15) is 11.4 Å². The van der Waals surface area contributed by atoms with E-state index >= 15 is 0 Å². The molecule has 2 aromatic rings. The van der Waals surface area contributed by atoms with E-state index in [2.05, 4.69) is 15.6 Å². The van der Waals surface area contributed by atoms with Gasteiger partial charge in [-0.25, -0.2) is 4.99 Å². The Bertz CT molecular complexity index is 814. The molecule has 2 aromatic carbocycles. The van der Waals surface area contributed by atoms with Crippen LogP contribution in [0.2, 0.25) is 0 Å². The summed E-state index contributed by atoms with van der Waals surface area (Å²) in [5.41, 5.74) is 7.57. The Morgan fingerprint density at radius 3 is 2.31 bits per heavy atom. The zero-order valence-corrected chi connectivity index (χ0v) is 19.8. The summed E-state index contributed by atoms with van der Waals surface area (Å²) in [5, 5.41) is 6.59. The molecule has 0 aromatic heterocycles. The van der Waals surface area contributed by atoms with Gasteiger partial charge in [-0.15, -0.1) is 24.0 Å². The number of nitrogens with two attached hydrogens (primary N) is 1. The van der Waals surface area contributed by atoms with Crippen LogP contribution in [-0.2, 0) is 13.1 Å². The molecule has 29 heavy (non-hydrogen) atoms. The normalized spacial score (nSPS) is 11.4. The summed E-state index contributed by atoms with van der Waals surface area (Å²) in [5.74, 6) is 1.15. The van der Waals surface area contributed by atoms with Crippen LogP contribution >= 0.6 is 24.0 Å². The third-order valence-corrected chi connectivity index (χ3v) is 3.84. The summed E-state index contributed by atoms with van der Waals surface area (Å²) in [6, 6.07) is 15.1. The van der Waals surface area contributed by atoms with Crippen LogP contribution in [0.1, 0.15) is 49.2 Å². The Kier molecular flexibility index (Phi) is 9.94. The molecular formula is C22H31IN4O2. The van der Waals surface area contributed by atoms with E-state index in [1.54, 1.807) is 12.1 Å². The first-order chi connectivity index (χ1) is 13.3. The molecule has 0 atom stereocenters. The van der Waals surface area contributed by atoms with E-state index in [9.17, 15) is 4.79 Å². The van der Waals surface area contributed by atoms with Crippen molar-refractivity contribution in [2.24, 2.45) is 10.7 Å². The molecule has 2 rings (SSSR count). The second-order valence-electron chi connectivity index (χ2n) is 7.43. The SMILES string of the molecule is CCNC(=NCc1ccc(C(N)=O)cc1)NCc1ccccc1OC(C)(C)C.I. The molecule has 6 nitrogen and oxygen atoms in total. The summed E-state index contributed by atoms with van der Waals surface area (Å²) in [6.07, 6.45) is 0. The molecule has 0 aliphatic rings. The third-order valence-electron chi connectivity index (χ3n) is 3.84. The van der Waals surface area contributed by atoms with Crippen molar-refractivity contribution in [3.8, 4) is 5.75 Å². The van der Waals surface area contributed by atoms with E-state index < -0.39 is 5.91 Å². The maximum Gasteiger partial charge on any atom is 0.248 e. The van der Waals surface area contributed by atoms with Crippen molar-refractivity contribution in [2.45, 2.75) is 46.4 Å². The minimum Gasteiger partial charge on any atom is -0.488 e. The summed E-state index contributed by atoms with van der Waals surface area (Å²) in [7, 11) is 0. The number of para-hydroxylation sites is 1. The van der Waals surface area contributed by atoms with Crippen LogP contribution in [0, 0.1) is 0 Å². The number of aliphatic imine (C=N–C) groups is 1. The van der Waals surface area contributed by atoms with Crippen molar-refractivity contribution in [3.63, 3.8) is 0 Å². The number of nitrogens with one attached hydrogen (secondary N) is 2. The smallest absolute Gasteiger partial charge is 0.248 e. The molecule has 0 aliphatic carbocycles. The maximum atomic E-state index is 11.2. The molecular weight excluding hydrogens is 479 g/mol.